The van der Waals surface area contributed by atoms with Crippen LogP contribution in [0, 0.1) is 13.8 Å². The van der Waals surface area contributed by atoms with E-state index < -0.39 is 11.7 Å². The normalized spacial score (nSPS) is 11.6. The third-order valence-electron chi connectivity index (χ3n) is 2.95. The number of aryl methyl sites for hydroxylation is 2. The Morgan fingerprint density at radius 2 is 2.00 bits per heavy atom. The van der Waals surface area contributed by atoms with Crippen LogP contribution in [0.1, 0.15) is 22.5 Å². The first-order valence-electron chi connectivity index (χ1n) is 5.78. The lowest BCUT2D eigenvalue weighted by Crippen LogP contribution is -2.08. The van der Waals surface area contributed by atoms with E-state index in [2.05, 4.69) is 15.3 Å². The number of anilines is 1. The molecule has 102 valence electrons. The van der Waals surface area contributed by atoms with Crippen LogP contribution in [0.4, 0.5) is 18.9 Å². The fraction of sp³-hybridized carbons (Fsp3) is 0.308. The van der Waals surface area contributed by atoms with Gasteiger partial charge in [-0.3, -0.25) is 0 Å². The van der Waals surface area contributed by atoms with E-state index in [0.29, 0.717) is 12.2 Å². The van der Waals surface area contributed by atoms with Crippen molar-refractivity contribution in [3.05, 3.63) is 47.0 Å². The average molecular weight is 269 g/mol. The fourth-order valence-electron chi connectivity index (χ4n) is 1.73. The van der Waals surface area contributed by atoms with Crippen molar-refractivity contribution in [2.45, 2.75) is 26.6 Å². The van der Waals surface area contributed by atoms with Gasteiger partial charge in [0.15, 0.2) is 0 Å². The number of benzene rings is 1. The minimum Gasteiger partial charge on any atom is -0.379 e. The molecule has 3 nitrogen and oxygen atoms in total. The molecule has 0 aliphatic heterocycles. The molecule has 1 aromatic carbocycles. The maximum atomic E-state index is 12.6. The molecule has 0 aliphatic carbocycles. The highest BCUT2D eigenvalue weighted by molar-refractivity contribution is 5.53. The Bertz CT molecular complexity index is 573. The number of nitrogens with one attached hydrogen (secondary N) is 2. The third-order valence-corrected chi connectivity index (χ3v) is 2.95. The predicted molar refractivity (Wildman–Crippen MR) is 66.8 cm³/mol. The predicted octanol–water partition coefficient (Wildman–Crippen LogP) is 3.66. The van der Waals surface area contributed by atoms with Gasteiger partial charge in [-0.25, -0.2) is 4.98 Å². The first kappa shape index (κ1) is 13.5. The van der Waals surface area contributed by atoms with Gasteiger partial charge in [0.05, 0.1) is 24.1 Å². The summed E-state index contributed by atoms with van der Waals surface area (Å²) in [5.41, 5.74) is 2.27. The number of aromatic amines is 1. The number of H-pyrrole nitrogens is 1. The number of imidazole rings is 1. The number of aromatic nitrogens is 2. The Hall–Kier alpha value is -1.98. The van der Waals surface area contributed by atoms with E-state index in [9.17, 15) is 13.2 Å². The summed E-state index contributed by atoms with van der Waals surface area (Å²) in [7, 11) is 0. The lowest BCUT2D eigenvalue weighted by atomic mass is 10.1. The molecule has 0 bridgehead atoms. The van der Waals surface area contributed by atoms with Crippen molar-refractivity contribution in [1.82, 2.24) is 9.97 Å². The Morgan fingerprint density at radius 1 is 1.26 bits per heavy atom. The molecule has 0 spiro atoms. The molecule has 0 saturated carbocycles. The van der Waals surface area contributed by atoms with Gasteiger partial charge in [-0.05, 0) is 31.5 Å². The molecule has 2 N–H and O–H groups in total. The molecule has 0 saturated heterocycles. The highest BCUT2D eigenvalue weighted by Crippen LogP contribution is 2.32. The van der Waals surface area contributed by atoms with Gasteiger partial charge in [-0.2, -0.15) is 13.2 Å². The smallest absolute Gasteiger partial charge is 0.379 e. The largest absolute Gasteiger partial charge is 0.416 e. The number of nitrogens with zero attached hydrogens (tertiary/aromatic N) is 1. The first-order valence-corrected chi connectivity index (χ1v) is 5.78. The zero-order valence-corrected chi connectivity index (χ0v) is 10.6. The molecule has 0 radical (unpaired) electrons. The van der Waals surface area contributed by atoms with Crippen molar-refractivity contribution >= 4 is 5.69 Å². The van der Waals surface area contributed by atoms with E-state index in [1.54, 1.807) is 13.3 Å². The SMILES string of the molecule is Cc1ccc(C(F)(F)F)cc1NCc1nc[nH]c1C. The van der Waals surface area contributed by atoms with Gasteiger partial charge in [-0.1, -0.05) is 6.07 Å². The van der Waals surface area contributed by atoms with Gasteiger partial charge in [-0.15, -0.1) is 0 Å². The zero-order valence-electron chi connectivity index (χ0n) is 10.6. The molecular formula is C13H14F3N3. The average Bonchev–Trinajstić information content (AvgIpc) is 2.72. The van der Waals surface area contributed by atoms with Crippen molar-refractivity contribution in [1.29, 1.82) is 0 Å². The summed E-state index contributed by atoms with van der Waals surface area (Å²) in [6, 6.07) is 3.67. The number of rotatable bonds is 3. The molecule has 0 unspecified atom stereocenters. The van der Waals surface area contributed by atoms with Gasteiger partial charge in [0, 0.05) is 11.4 Å². The van der Waals surface area contributed by atoms with Gasteiger partial charge in [0.2, 0.25) is 0 Å². The second-order valence-corrected chi connectivity index (χ2v) is 4.36. The van der Waals surface area contributed by atoms with Crippen molar-refractivity contribution in [3.63, 3.8) is 0 Å². The monoisotopic (exact) mass is 269 g/mol. The van der Waals surface area contributed by atoms with Gasteiger partial charge < -0.3 is 10.3 Å². The van der Waals surface area contributed by atoms with E-state index in [-0.39, 0.29) is 0 Å². The molecule has 19 heavy (non-hydrogen) atoms. The summed E-state index contributed by atoms with van der Waals surface area (Å²) in [5, 5.41) is 2.99. The molecule has 6 heteroatoms. The van der Waals surface area contributed by atoms with E-state index >= 15 is 0 Å². The number of hydrogen-bond donors (Lipinski definition) is 2. The minimum atomic E-state index is -4.33. The number of hydrogen-bond acceptors (Lipinski definition) is 2. The van der Waals surface area contributed by atoms with E-state index in [1.165, 1.54) is 6.07 Å². The van der Waals surface area contributed by atoms with Crippen LogP contribution in [0.5, 0.6) is 0 Å². The highest BCUT2D eigenvalue weighted by atomic mass is 19.4. The standard InChI is InChI=1S/C13H14F3N3/c1-8-3-4-10(13(14,15)16)5-11(8)17-6-12-9(2)18-7-19-12/h3-5,7,17H,6H2,1-2H3,(H,18,19). The van der Waals surface area contributed by atoms with Crippen LogP contribution in [0.15, 0.2) is 24.5 Å². The summed E-state index contributed by atoms with van der Waals surface area (Å²) >= 11 is 0. The molecule has 1 heterocycles. The molecule has 0 atom stereocenters. The van der Waals surface area contributed by atoms with Crippen LogP contribution in [0.25, 0.3) is 0 Å². The second-order valence-electron chi connectivity index (χ2n) is 4.36. The summed E-state index contributed by atoms with van der Waals surface area (Å²) < 4.78 is 37.9. The van der Waals surface area contributed by atoms with Crippen LogP contribution >= 0.6 is 0 Å². The van der Waals surface area contributed by atoms with Crippen molar-refractivity contribution in [2.75, 3.05) is 5.32 Å². The van der Waals surface area contributed by atoms with Crippen LogP contribution in [-0.2, 0) is 12.7 Å². The second kappa shape index (κ2) is 4.95. The molecule has 0 amide bonds. The number of alkyl halides is 3. The molecule has 0 aliphatic rings. The van der Waals surface area contributed by atoms with Gasteiger partial charge in [0.1, 0.15) is 0 Å². The Balaban J connectivity index is 2.18. The Morgan fingerprint density at radius 3 is 2.58 bits per heavy atom. The molecular weight excluding hydrogens is 255 g/mol. The van der Waals surface area contributed by atoms with E-state index in [0.717, 1.165) is 29.1 Å². The number of halogens is 3. The molecule has 0 fully saturated rings. The van der Waals surface area contributed by atoms with Crippen LogP contribution in [0.2, 0.25) is 0 Å². The fourth-order valence-corrected chi connectivity index (χ4v) is 1.73. The van der Waals surface area contributed by atoms with Crippen LogP contribution < -0.4 is 5.32 Å². The highest BCUT2D eigenvalue weighted by Gasteiger charge is 2.30. The quantitative estimate of drug-likeness (QED) is 0.892. The maximum absolute atomic E-state index is 12.6. The zero-order chi connectivity index (χ0) is 14.0. The van der Waals surface area contributed by atoms with Crippen molar-refractivity contribution in [3.8, 4) is 0 Å². The van der Waals surface area contributed by atoms with Gasteiger partial charge in [0.25, 0.3) is 0 Å². The van der Waals surface area contributed by atoms with Crippen LogP contribution in [0.3, 0.4) is 0 Å². The lowest BCUT2D eigenvalue weighted by Gasteiger charge is -2.13. The van der Waals surface area contributed by atoms with Crippen molar-refractivity contribution in [2.24, 2.45) is 0 Å². The molecule has 2 rings (SSSR count). The summed E-state index contributed by atoms with van der Waals surface area (Å²) in [6.07, 6.45) is -2.77. The first-order chi connectivity index (χ1) is 8.88. The minimum absolute atomic E-state index is 0.386. The van der Waals surface area contributed by atoms with E-state index in [4.69, 9.17) is 0 Å². The Labute approximate surface area is 108 Å². The van der Waals surface area contributed by atoms with Crippen molar-refractivity contribution < 1.29 is 13.2 Å². The lowest BCUT2D eigenvalue weighted by molar-refractivity contribution is -0.137. The summed E-state index contributed by atoms with van der Waals surface area (Å²) in [4.78, 5) is 7.02. The third kappa shape index (κ3) is 3.07. The summed E-state index contributed by atoms with van der Waals surface area (Å²) in [6.45, 7) is 4.01. The van der Waals surface area contributed by atoms with Gasteiger partial charge >= 0.3 is 6.18 Å². The molecule has 2 aromatic rings. The topological polar surface area (TPSA) is 40.7 Å². The summed E-state index contributed by atoms with van der Waals surface area (Å²) in [5.74, 6) is 0. The van der Waals surface area contributed by atoms with E-state index in [1.807, 2.05) is 6.92 Å². The van der Waals surface area contributed by atoms with Crippen LogP contribution in [-0.4, -0.2) is 9.97 Å². The molecule has 1 aromatic heterocycles. The Kier molecular flexibility index (Phi) is 3.50. The maximum Gasteiger partial charge on any atom is 0.416 e.